The van der Waals surface area contributed by atoms with Crippen molar-refractivity contribution < 1.29 is 4.79 Å². The number of carbonyl (C=O) groups is 1. The highest BCUT2D eigenvalue weighted by Gasteiger charge is 2.11. The van der Waals surface area contributed by atoms with Crippen molar-refractivity contribution in [3.63, 3.8) is 0 Å². The van der Waals surface area contributed by atoms with Crippen molar-refractivity contribution >= 4 is 16.8 Å². The maximum absolute atomic E-state index is 10.8. The second kappa shape index (κ2) is 3.72. The maximum atomic E-state index is 10.8. The van der Waals surface area contributed by atoms with Gasteiger partial charge in [0.25, 0.3) is 0 Å². The summed E-state index contributed by atoms with van der Waals surface area (Å²) in [6.07, 6.45) is 0. The lowest BCUT2D eigenvalue weighted by molar-refractivity contribution is -0.112. The van der Waals surface area contributed by atoms with Crippen LogP contribution in [0, 0.1) is 6.92 Å². The Morgan fingerprint density at radius 1 is 1.33 bits per heavy atom. The van der Waals surface area contributed by atoms with Gasteiger partial charge >= 0.3 is 0 Å². The molecule has 0 aliphatic heterocycles. The zero-order valence-electron chi connectivity index (χ0n) is 7.17. The Hall–Kier alpha value is -0.820. The number of hydrogen-bond acceptors (Lipinski definition) is 1. The van der Waals surface area contributed by atoms with Crippen molar-refractivity contribution in [2.24, 2.45) is 0 Å². The van der Waals surface area contributed by atoms with Crippen LogP contribution in [-0.2, 0) is 4.79 Å². The molecule has 1 nitrogen and oxygen atoms in total. The topological polar surface area (TPSA) is 17.1 Å². The Balaban J connectivity index is 2.89. The van der Waals surface area contributed by atoms with Crippen LogP contribution >= 0.6 is 11.6 Å². The van der Waals surface area contributed by atoms with Crippen molar-refractivity contribution in [3.8, 4) is 0 Å². The highest BCUT2D eigenvalue weighted by atomic mass is 35.5. The standard InChI is InChI=1S/C10H11ClO/c1-7-3-5-9(6-4-7)8(2)10(11)12/h3-6,8H,1-2H3/t8-/m1/s1. The Morgan fingerprint density at radius 3 is 2.25 bits per heavy atom. The van der Waals surface area contributed by atoms with Gasteiger partial charge in [-0.25, -0.2) is 0 Å². The molecule has 1 atom stereocenters. The summed E-state index contributed by atoms with van der Waals surface area (Å²) >= 11 is 5.36. The maximum Gasteiger partial charge on any atom is 0.228 e. The second-order valence-corrected chi connectivity index (χ2v) is 3.31. The van der Waals surface area contributed by atoms with E-state index in [1.807, 2.05) is 31.2 Å². The normalized spacial score (nSPS) is 12.6. The van der Waals surface area contributed by atoms with Crippen LogP contribution in [0.1, 0.15) is 24.0 Å². The average Bonchev–Trinajstić information content (AvgIpc) is 2.04. The zero-order valence-corrected chi connectivity index (χ0v) is 7.93. The first-order valence-corrected chi connectivity index (χ1v) is 4.25. The first kappa shape index (κ1) is 9.27. The summed E-state index contributed by atoms with van der Waals surface area (Å²) < 4.78 is 0. The minimum absolute atomic E-state index is 0.202. The number of benzene rings is 1. The number of carbonyl (C=O) groups excluding carboxylic acids is 1. The van der Waals surface area contributed by atoms with Gasteiger partial charge in [-0.15, -0.1) is 0 Å². The lowest BCUT2D eigenvalue weighted by Crippen LogP contribution is -2.01. The van der Waals surface area contributed by atoms with Crippen LogP contribution < -0.4 is 0 Å². The predicted octanol–water partition coefficient (Wildman–Crippen LogP) is 2.86. The van der Waals surface area contributed by atoms with Gasteiger partial charge in [0.2, 0.25) is 5.24 Å². The Kier molecular flexibility index (Phi) is 2.88. The van der Waals surface area contributed by atoms with Gasteiger partial charge in [0, 0.05) is 0 Å². The lowest BCUT2D eigenvalue weighted by atomic mass is 10.0. The van der Waals surface area contributed by atoms with E-state index < -0.39 is 0 Å². The predicted molar refractivity (Wildman–Crippen MR) is 50.5 cm³/mol. The van der Waals surface area contributed by atoms with Gasteiger partial charge in [-0.05, 0) is 24.1 Å². The molecule has 0 amide bonds. The molecule has 12 heavy (non-hydrogen) atoms. The molecular weight excluding hydrogens is 172 g/mol. The van der Waals surface area contributed by atoms with E-state index in [0.29, 0.717) is 0 Å². The third-order valence-electron chi connectivity index (χ3n) is 1.92. The van der Waals surface area contributed by atoms with E-state index in [-0.39, 0.29) is 11.2 Å². The number of aryl methyl sites for hydroxylation is 1. The van der Waals surface area contributed by atoms with E-state index >= 15 is 0 Å². The zero-order chi connectivity index (χ0) is 9.14. The first-order valence-electron chi connectivity index (χ1n) is 3.87. The van der Waals surface area contributed by atoms with E-state index in [4.69, 9.17) is 11.6 Å². The summed E-state index contributed by atoms with van der Waals surface area (Å²) in [7, 11) is 0. The van der Waals surface area contributed by atoms with Gasteiger partial charge in [-0.2, -0.15) is 0 Å². The molecule has 0 bridgehead atoms. The molecule has 0 N–H and O–H groups in total. The van der Waals surface area contributed by atoms with Gasteiger partial charge in [-0.1, -0.05) is 36.8 Å². The molecular formula is C10H11ClO. The lowest BCUT2D eigenvalue weighted by Gasteiger charge is -2.05. The smallest absolute Gasteiger partial charge is 0.228 e. The molecule has 2 heteroatoms. The minimum Gasteiger partial charge on any atom is -0.281 e. The van der Waals surface area contributed by atoms with Crippen molar-refractivity contribution in [2.75, 3.05) is 0 Å². The van der Waals surface area contributed by atoms with E-state index in [2.05, 4.69) is 0 Å². The first-order chi connectivity index (χ1) is 5.61. The van der Waals surface area contributed by atoms with E-state index in [1.165, 1.54) is 5.56 Å². The van der Waals surface area contributed by atoms with Crippen molar-refractivity contribution in [2.45, 2.75) is 19.8 Å². The quantitative estimate of drug-likeness (QED) is 0.643. The van der Waals surface area contributed by atoms with Gasteiger partial charge in [0.15, 0.2) is 0 Å². The second-order valence-electron chi connectivity index (χ2n) is 2.94. The third kappa shape index (κ3) is 2.08. The fraction of sp³-hybridized carbons (Fsp3) is 0.300. The Bertz CT molecular complexity index is 276. The van der Waals surface area contributed by atoms with E-state index in [1.54, 1.807) is 6.92 Å². The monoisotopic (exact) mass is 182 g/mol. The van der Waals surface area contributed by atoms with Crippen molar-refractivity contribution in [1.29, 1.82) is 0 Å². The SMILES string of the molecule is Cc1ccc([C@@H](C)C(=O)Cl)cc1. The van der Waals surface area contributed by atoms with Gasteiger partial charge in [0.05, 0.1) is 5.92 Å². The van der Waals surface area contributed by atoms with E-state index in [0.717, 1.165) is 5.56 Å². The number of hydrogen-bond donors (Lipinski definition) is 0. The summed E-state index contributed by atoms with van der Waals surface area (Å²) in [5.74, 6) is -0.202. The summed E-state index contributed by atoms with van der Waals surface area (Å²) in [4.78, 5) is 10.8. The molecule has 0 radical (unpaired) electrons. The molecule has 0 unspecified atom stereocenters. The van der Waals surface area contributed by atoms with Crippen LogP contribution in [0.15, 0.2) is 24.3 Å². The molecule has 0 saturated heterocycles. The average molecular weight is 183 g/mol. The molecule has 0 aliphatic rings. The molecule has 1 aromatic carbocycles. The van der Waals surface area contributed by atoms with Crippen LogP contribution in [0.2, 0.25) is 0 Å². The van der Waals surface area contributed by atoms with Gasteiger partial charge < -0.3 is 0 Å². The van der Waals surface area contributed by atoms with E-state index in [9.17, 15) is 4.79 Å². The molecule has 0 aliphatic carbocycles. The largest absolute Gasteiger partial charge is 0.281 e. The Labute approximate surface area is 77.4 Å². The molecule has 1 aromatic rings. The molecule has 0 spiro atoms. The fourth-order valence-electron chi connectivity index (χ4n) is 0.986. The van der Waals surface area contributed by atoms with Crippen LogP contribution in [0.25, 0.3) is 0 Å². The van der Waals surface area contributed by atoms with Crippen LogP contribution in [-0.4, -0.2) is 5.24 Å². The van der Waals surface area contributed by atoms with Crippen LogP contribution in [0.4, 0.5) is 0 Å². The van der Waals surface area contributed by atoms with Gasteiger partial charge in [-0.3, -0.25) is 4.79 Å². The highest BCUT2D eigenvalue weighted by molar-refractivity contribution is 6.64. The summed E-state index contributed by atoms with van der Waals surface area (Å²) in [5.41, 5.74) is 2.16. The van der Waals surface area contributed by atoms with Crippen LogP contribution in [0.5, 0.6) is 0 Å². The summed E-state index contributed by atoms with van der Waals surface area (Å²) in [6, 6.07) is 7.82. The number of halogens is 1. The molecule has 0 saturated carbocycles. The van der Waals surface area contributed by atoms with Gasteiger partial charge in [0.1, 0.15) is 0 Å². The van der Waals surface area contributed by atoms with Crippen molar-refractivity contribution in [1.82, 2.24) is 0 Å². The minimum atomic E-state index is -0.307. The fourth-order valence-corrected chi connectivity index (χ4v) is 1.11. The summed E-state index contributed by atoms with van der Waals surface area (Å²) in [6.45, 7) is 3.82. The molecule has 64 valence electrons. The molecule has 0 heterocycles. The van der Waals surface area contributed by atoms with Crippen LogP contribution in [0.3, 0.4) is 0 Å². The third-order valence-corrected chi connectivity index (χ3v) is 2.25. The molecule has 0 fully saturated rings. The molecule has 1 rings (SSSR count). The van der Waals surface area contributed by atoms with Crippen molar-refractivity contribution in [3.05, 3.63) is 35.4 Å². The highest BCUT2D eigenvalue weighted by Crippen LogP contribution is 2.17. The summed E-state index contributed by atoms with van der Waals surface area (Å²) in [5, 5.41) is -0.307. The number of rotatable bonds is 2. The molecule has 0 aromatic heterocycles. The Morgan fingerprint density at radius 2 is 1.83 bits per heavy atom.